The largest absolute Gasteiger partial charge is 0.492 e. The van der Waals surface area contributed by atoms with E-state index in [1.807, 2.05) is 19.9 Å². The van der Waals surface area contributed by atoms with Crippen molar-refractivity contribution < 1.29 is 19.1 Å². The number of carbonyl (C=O) groups excluding carboxylic acids is 2. The number of carbonyl (C=O) groups is 2. The molecule has 0 spiro atoms. The number of aryl methyl sites for hydroxylation is 2. The highest BCUT2D eigenvalue weighted by Crippen LogP contribution is 2.30. The molecule has 0 saturated carbocycles. The summed E-state index contributed by atoms with van der Waals surface area (Å²) in [4.78, 5) is 24.4. The number of esters is 1. The van der Waals surface area contributed by atoms with Gasteiger partial charge in [0.1, 0.15) is 12.4 Å². The maximum atomic E-state index is 12.3. The molecule has 27 heavy (non-hydrogen) atoms. The van der Waals surface area contributed by atoms with Gasteiger partial charge >= 0.3 is 5.97 Å². The van der Waals surface area contributed by atoms with Gasteiger partial charge in [-0.15, -0.1) is 0 Å². The first-order valence-corrected chi connectivity index (χ1v) is 9.23. The van der Waals surface area contributed by atoms with Crippen LogP contribution >= 0.6 is 23.2 Å². The molecule has 0 aromatic heterocycles. The van der Waals surface area contributed by atoms with Gasteiger partial charge < -0.3 is 14.8 Å². The molecule has 0 fully saturated rings. The van der Waals surface area contributed by atoms with Crippen LogP contribution in [0.5, 0.6) is 5.75 Å². The summed E-state index contributed by atoms with van der Waals surface area (Å²) in [5.74, 6) is -0.695. The molecule has 0 bridgehead atoms. The Morgan fingerprint density at radius 2 is 2.00 bits per heavy atom. The summed E-state index contributed by atoms with van der Waals surface area (Å²) in [6.07, 6.45) is 0.458. The smallest absolute Gasteiger partial charge is 0.313 e. The SMILES string of the molecule is Cc1cc(C)c(NC(=O)COC(=O)[C@H]2COc3ccc(Cl)cc3C2)c(Cl)c1. The van der Waals surface area contributed by atoms with Crippen LogP contribution in [0.1, 0.15) is 16.7 Å². The zero-order chi connectivity index (χ0) is 19.6. The predicted molar refractivity (Wildman–Crippen MR) is 105 cm³/mol. The van der Waals surface area contributed by atoms with E-state index < -0.39 is 17.8 Å². The molecular formula is C20H19Cl2NO4. The number of amides is 1. The molecule has 1 N–H and O–H groups in total. The minimum absolute atomic E-state index is 0.206. The lowest BCUT2D eigenvalue weighted by Crippen LogP contribution is -2.32. The summed E-state index contributed by atoms with van der Waals surface area (Å²) in [7, 11) is 0. The number of ether oxygens (including phenoxy) is 2. The molecule has 142 valence electrons. The van der Waals surface area contributed by atoms with Crippen LogP contribution in [0.2, 0.25) is 10.0 Å². The third-order valence-electron chi connectivity index (χ3n) is 4.30. The van der Waals surface area contributed by atoms with E-state index >= 15 is 0 Å². The number of benzene rings is 2. The predicted octanol–water partition coefficient (Wildman–Crippen LogP) is 4.34. The zero-order valence-corrected chi connectivity index (χ0v) is 16.5. The highest BCUT2D eigenvalue weighted by atomic mass is 35.5. The second-order valence-electron chi connectivity index (χ2n) is 6.56. The normalized spacial score (nSPS) is 15.5. The molecule has 0 saturated heterocycles. The lowest BCUT2D eigenvalue weighted by atomic mass is 9.97. The molecule has 2 aromatic rings. The van der Waals surface area contributed by atoms with E-state index in [1.54, 1.807) is 24.3 Å². The summed E-state index contributed by atoms with van der Waals surface area (Å²) < 4.78 is 10.7. The van der Waals surface area contributed by atoms with Crippen molar-refractivity contribution in [3.8, 4) is 5.75 Å². The molecule has 0 unspecified atom stereocenters. The number of anilines is 1. The molecule has 7 heteroatoms. The Balaban J connectivity index is 1.56. The molecule has 5 nitrogen and oxygen atoms in total. The van der Waals surface area contributed by atoms with E-state index in [-0.39, 0.29) is 13.2 Å². The molecule has 3 rings (SSSR count). The van der Waals surface area contributed by atoms with Crippen molar-refractivity contribution in [2.45, 2.75) is 20.3 Å². The maximum Gasteiger partial charge on any atom is 0.313 e. The fourth-order valence-electron chi connectivity index (χ4n) is 3.02. The quantitative estimate of drug-likeness (QED) is 0.765. The first kappa shape index (κ1) is 19.5. The Morgan fingerprint density at radius 1 is 1.22 bits per heavy atom. The molecule has 1 atom stereocenters. The number of nitrogens with one attached hydrogen (secondary N) is 1. The van der Waals surface area contributed by atoms with E-state index in [4.69, 9.17) is 32.7 Å². The Bertz CT molecular complexity index is 875. The number of fused-ring (bicyclic) bond motifs is 1. The maximum absolute atomic E-state index is 12.3. The molecule has 1 aliphatic heterocycles. The Hall–Kier alpha value is -2.24. The third kappa shape index (κ3) is 4.73. The Morgan fingerprint density at radius 3 is 2.74 bits per heavy atom. The van der Waals surface area contributed by atoms with Gasteiger partial charge in [0.05, 0.1) is 16.6 Å². The summed E-state index contributed by atoms with van der Waals surface area (Å²) >= 11 is 12.2. The summed E-state index contributed by atoms with van der Waals surface area (Å²) in [5, 5.41) is 3.72. The van der Waals surface area contributed by atoms with Gasteiger partial charge in [-0.1, -0.05) is 29.3 Å². The van der Waals surface area contributed by atoms with Gasteiger partial charge in [-0.2, -0.15) is 0 Å². The average molecular weight is 408 g/mol. The third-order valence-corrected chi connectivity index (χ3v) is 4.84. The van der Waals surface area contributed by atoms with Crippen LogP contribution in [0.4, 0.5) is 5.69 Å². The highest BCUT2D eigenvalue weighted by Gasteiger charge is 2.28. The minimum atomic E-state index is -0.484. The minimum Gasteiger partial charge on any atom is -0.492 e. The first-order valence-electron chi connectivity index (χ1n) is 8.48. The summed E-state index contributed by atoms with van der Waals surface area (Å²) in [6.45, 7) is 3.59. The van der Waals surface area contributed by atoms with Crippen LogP contribution in [0, 0.1) is 19.8 Å². The second kappa shape index (κ2) is 8.19. The van der Waals surface area contributed by atoms with Crippen molar-refractivity contribution in [3.05, 3.63) is 57.1 Å². The van der Waals surface area contributed by atoms with Crippen LogP contribution < -0.4 is 10.1 Å². The molecule has 1 aliphatic rings. The van der Waals surface area contributed by atoms with Crippen LogP contribution in [0.25, 0.3) is 0 Å². The van der Waals surface area contributed by atoms with E-state index in [0.717, 1.165) is 16.7 Å². The zero-order valence-electron chi connectivity index (χ0n) is 15.0. The van der Waals surface area contributed by atoms with Crippen molar-refractivity contribution in [2.24, 2.45) is 5.92 Å². The molecule has 0 radical (unpaired) electrons. The van der Waals surface area contributed by atoms with Gasteiger partial charge in [-0.05, 0) is 61.2 Å². The Kier molecular flexibility index (Phi) is 5.92. The van der Waals surface area contributed by atoms with Crippen molar-refractivity contribution in [1.29, 1.82) is 0 Å². The first-order chi connectivity index (χ1) is 12.8. The average Bonchev–Trinajstić information content (AvgIpc) is 2.62. The van der Waals surface area contributed by atoms with E-state index in [1.165, 1.54) is 0 Å². The molecular weight excluding hydrogens is 389 g/mol. The number of halogens is 2. The van der Waals surface area contributed by atoms with Gasteiger partial charge in [-0.25, -0.2) is 0 Å². The van der Waals surface area contributed by atoms with Crippen LogP contribution in [0.3, 0.4) is 0 Å². The van der Waals surface area contributed by atoms with Gasteiger partial charge in [0, 0.05) is 5.02 Å². The fraction of sp³-hybridized carbons (Fsp3) is 0.300. The molecule has 0 aliphatic carbocycles. The van der Waals surface area contributed by atoms with Gasteiger partial charge in [0.25, 0.3) is 5.91 Å². The highest BCUT2D eigenvalue weighted by molar-refractivity contribution is 6.34. The van der Waals surface area contributed by atoms with Crippen molar-refractivity contribution in [2.75, 3.05) is 18.5 Å². The number of hydrogen-bond donors (Lipinski definition) is 1. The Labute approximate surface area is 167 Å². The van der Waals surface area contributed by atoms with Crippen LogP contribution in [-0.4, -0.2) is 25.1 Å². The van der Waals surface area contributed by atoms with Gasteiger partial charge in [0.2, 0.25) is 0 Å². The summed E-state index contributed by atoms with van der Waals surface area (Å²) in [5.41, 5.74) is 3.21. The van der Waals surface area contributed by atoms with E-state index in [0.29, 0.717) is 27.9 Å². The van der Waals surface area contributed by atoms with Gasteiger partial charge in [0.15, 0.2) is 6.61 Å². The van der Waals surface area contributed by atoms with Crippen LogP contribution in [0.15, 0.2) is 30.3 Å². The lowest BCUT2D eigenvalue weighted by Gasteiger charge is -2.24. The molecule has 2 aromatic carbocycles. The monoisotopic (exact) mass is 407 g/mol. The second-order valence-corrected chi connectivity index (χ2v) is 7.40. The number of hydrogen-bond acceptors (Lipinski definition) is 4. The topological polar surface area (TPSA) is 64.6 Å². The van der Waals surface area contributed by atoms with Crippen molar-refractivity contribution in [1.82, 2.24) is 0 Å². The molecule has 1 heterocycles. The summed E-state index contributed by atoms with van der Waals surface area (Å²) in [6, 6.07) is 8.96. The standard InChI is InChI=1S/C20H19Cl2NO4/c1-11-5-12(2)19(16(22)6-11)23-18(24)10-27-20(25)14-7-13-8-15(21)3-4-17(13)26-9-14/h3-6,8,14H,7,9-10H2,1-2H3,(H,23,24)/t14-/m1/s1. The van der Waals surface area contributed by atoms with Crippen LogP contribution in [-0.2, 0) is 20.7 Å². The van der Waals surface area contributed by atoms with E-state index in [9.17, 15) is 9.59 Å². The van der Waals surface area contributed by atoms with Crippen molar-refractivity contribution >= 4 is 40.8 Å². The number of rotatable bonds is 4. The fourth-order valence-corrected chi connectivity index (χ4v) is 3.58. The van der Waals surface area contributed by atoms with Gasteiger partial charge in [-0.3, -0.25) is 9.59 Å². The van der Waals surface area contributed by atoms with E-state index in [2.05, 4.69) is 5.32 Å². The molecule has 1 amide bonds. The lowest BCUT2D eigenvalue weighted by molar-refractivity contribution is -0.152. The van der Waals surface area contributed by atoms with Crippen molar-refractivity contribution in [3.63, 3.8) is 0 Å².